The van der Waals surface area contributed by atoms with Crippen LogP contribution in [0, 0.1) is 34.5 Å². The zero-order valence-corrected chi connectivity index (χ0v) is 22.3. The van der Waals surface area contributed by atoms with Crippen LogP contribution in [0.1, 0.15) is 111 Å². The molecule has 0 aromatic heterocycles. The highest BCUT2D eigenvalue weighted by atomic mass is 16.5. The van der Waals surface area contributed by atoms with Crippen LogP contribution < -0.4 is 0 Å². The van der Waals surface area contributed by atoms with Gasteiger partial charge >= 0.3 is 5.97 Å². The Morgan fingerprint density at radius 3 is 2.49 bits per heavy atom. The Bertz CT molecular complexity index is 869. The Morgan fingerprint density at radius 2 is 1.71 bits per heavy atom. The van der Waals surface area contributed by atoms with Gasteiger partial charge in [0.05, 0.1) is 0 Å². The van der Waals surface area contributed by atoms with E-state index in [1.54, 1.807) is 6.08 Å². The molecule has 0 aliphatic heterocycles. The van der Waals surface area contributed by atoms with Crippen molar-refractivity contribution in [2.75, 3.05) is 6.61 Å². The maximum absolute atomic E-state index is 13.2. The molecule has 6 atom stereocenters. The number of ether oxygens (including phenoxy) is 1. The summed E-state index contributed by atoms with van der Waals surface area (Å²) in [5.41, 5.74) is 1.31. The van der Waals surface area contributed by atoms with Gasteiger partial charge < -0.3 is 4.74 Å². The molecule has 0 aromatic rings. The molecule has 0 saturated heterocycles. The molecule has 0 radical (unpaired) electrons. The molecule has 3 fully saturated rings. The molecule has 0 N–H and O–H groups in total. The number of fused-ring (bicyclic) bond motifs is 5. The predicted octanol–water partition coefficient (Wildman–Crippen LogP) is 7.16. The molecule has 4 aliphatic rings. The minimum atomic E-state index is -0.214. The van der Waals surface area contributed by atoms with Gasteiger partial charge in [-0.15, -0.1) is 0 Å². The van der Waals surface area contributed by atoms with E-state index in [1.165, 1.54) is 37.7 Å². The SMILES string of the molecule is CCCCCCCCCC(=O)OCC(=O)[C@H]1CC[C@H]2[C@@H]3CCC4=CC(=O)C=C[C@]4(C)[C@H]3CC[C@]12C. The molecule has 0 amide bonds. The topological polar surface area (TPSA) is 60.4 Å². The normalized spacial score (nSPS) is 35.6. The molecule has 194 valence electrons. The van der Waals surface area contributed by atoms with E-state index in [0.717, 1.165) is 51.4 Å². The van der Waals surface area contributed by atoms with Crippen LogP contribution in [0.5, 0.6) is 0 Å². The molecule has 35 heavy (non-hydrogen) atoms. The van der Waals surface area contributed by atoms with E-state index in [0.29, 0.717) is 24.2 Å². The number of unbranched alkanes of at least 4 members (excludes halogenated alkanes) is 6. The average molecular weight is 483 g/mol. The van der Waals surface area contributed by atoms with Gasteiger partial charge in [-0.1, -0.05) is 70.9 Å². The second-order valence-corrected chi connectivity index (χ2v) is 12.3. The largest absolute Gasteiger partial charge is 0.458 e. The summed E-state index contributed by atoms with van der Waals surface area (Å²) >= 11 is 0. The number of allylic oxidation sites excluding steroid dienone is 4. The second-order valence-electron chi connectivity index (χ2n) is 12.3. The van der Waals surface area contributed by atoms with E-state index in [2.05, 4.69) is 26.8 Å². The third kappa shape index (κ3) is 5.37. The summed E-state index contributed by atoms with van der Waals surface area (Å²) in [6.45, 7) is 6.82. The lowest BCUT2D eigenvalue weighted by molar-refractivity contribution is -0.151. The quantitative estimate of drug-likeness (QED) is 0.231. The van der Waals surface area contributed by atoms with Crippen LogP contribution in [-0.2, 0) is 19.1 Å². The summed E-state index contributed by atoms with van der Waals surface area (Å²) in [5, 5.41) is 0. The zero-order valence-electron chi connectivity index (χ0n) is 22.3. The van der Waals surface area contributed by atoms with Gasteiger partial charge in [-0.3, -0.25) is 14.4 Å². The lowest BCUT2D eigenvalue weighted by Crippen LogP contribution is -2.50. The first-order valence-electron chi connectivity index (χ1n) is 14.4. The van der Waals surface area contributed by atoms with Crippen molar-refractivity contribution in [3.8, 4) is 0 Å². The molecule has 0 heterocycles. The van der Waals surface area contributed by atoms with Crippen molar-refractivity contribution in [1.29, 1.82) is 0 Å². The first-order valence-corrected chi connectivity index (χ1v) is 14.4. The van der Waals surface area contributed by atoms with Crippen molar-refractivity contribution in [3.05, 3.63) is 23.8 Å². The Morgan fingerprint density at radius 1 is 0.971 bits per heavy atom. The molecular formula is C31H46O4. The van der Waals surface area contributed by atoms with Gasteiger partial charge in [0.2, 0.25) is 0 Å². The van der Waals surface area contributed by atoms with Gasteiger partial charge in [-0.05, 0) is 80.3 Å². The van der Waals surface area contributed by atoms with Gasteiger partial charge in [-0.25, -0.2) is 0 Å². The fourth-order valence-corrected chi connectivity index (χ4v) is 8.28. The highest BCUT2D eigenvalue weighted by molar-refractivity contribution is 6.01. The molecular weight excluding hydrogens is 436 g/mol. The van der Waals surface area contributed by atoms with Crippen LogP contribution in [0.2, 0.25) is 0 Å². The Kier molecular flexibility index (Phi) is 8.38. The Balaban J connectivity index is 1.28. The molecule has 4 aliphatic carbocycles. The number of esters is 1. The van der Waals surface area contributed by atoms with E-state index >= 15 is 0 Å². The van der Waals surface area contributed by atoms with Crippen molar-refractivity contribution in [2.24, 2.45) is 34.5 Å². The van der Waals surface area contributed by atoms with Gasteiger partial charge in [0, 0.05) is 17.8 Å². The Hall–Kier alpha value is -1.71. The predicted molar refractivity (Wildman–Crippen MR) is 139 cm³/mol. The van der Waals surface area contributed by atoms with Gasteiger partial charge in [0.25, 0.3) is 0 Å². The second kappa shape index (κ2) is 11.1. The number of carbonyl (C=O) groups excluding carboxylic acids is 3. The summed E-state index contributed by atoms with van der Waals surface area (Å²) < 4.78 is 5.45. The van der Waals surface area contributed by atoms with Gasteiger partial charge in [0.15, 0.2) is 11.6 Å². The third-order valence-electron chi connectivity index (χ3n) is 10.3. The molecule has 4 nitrogen and oxygen atoms in total. The van der Waals surface area contributed by atoms with Crippen LogP contribution >= 0.6 is 0 Å². The molecule has 4 rings (SSSR count). The number of hydrogen-bond acceptors (Lipinski definition) is 4. The van der Waals surface area contributed by atoms with Crippen LogP contribution in [0.3, 0.4) is 0 Å². The smallest absolute Gasteiger partial charge is 0.306 e. The van der Waals surface area contributed by atoms with Crippen molar-refractivity contribution >= 4 is 17.5 Å². The molecule has 0 unspecified atom stereocenters. The van der Waals surface area contributed by atoms with E-state index < -0.39 is 0 Å². The monoisotopic (exact) mass is 482 g/mol. The summed E-state index contributed by atoms with van der Waals surface area (Å²) in [6, 6.07) is 0. The van der Waals surface area contributed by atoms with E-state index in [-0.39, 0.29) is 40.9 Å². The number of hydrogen-bond donors (Lipinski definition) is 0. The molecule has 3 saturated carbocycles. The van der Waals surface area contributed by atoms with Crippen molar-refractivity contribution < 1.29 is 19.1 Å². The maximum Gasteiger partial charge on any atom is 0.306 e. The van der Waals surface area contributed by atoms with Crippen molar-refractivity contribution in [3.63, 3.8) is 0 Å². The highest BCUT2D eigenvalue weighted by Crippen LogP contribution is 2.66. The third-order valence-corrected chi connectivity index (χ3v) is 10.3. The number of carbonyl (C=O) groups is 3. The van der Waals surface area contributed by atoms with Gasteiger partial charge in [0.1, 0.15) is 6.61 Å². The first kappa shape index (κ1) is 26.4. The van der Waals surface area contributed by atoms with Gasteiger partial charge in [-0.2, -0.15) is 0 Å². The molecule has 0 spiro atoms. The summed E-state index contributed by atoms with van der Waals surface area (Å²) in [4.78, 5) is 37.4. The fourth-order valence-electron chi connectivity index (χ4n) is 8.28. The van der Waals surface area contributed by atoms with Crippen LogP contribution in [0.25, 0.3) is 0 Å². The fraction of sp³-hybridized carbons (Fsp3) is 0.774. The number of Topliss-reactive ketones (excluding diaryl/α,β-unsaturated/α-hetero) is 1. The number of rotatable bonds is 11. The lowest BCUT2D eigenvalue weighted by Gasteiger charge is -2.56. The lowest BCUT2D eigenvalue weighted by atomic mass is 9.47. The van der Waals surface area contributed by atoms with E-state index in [4.69, 9.17) is 4.74 Å². The maximum atomic E-state index is 13.2. The van der Waals surface area contributed by atoms with Crippen LogP contribution in [-0.4, -0.2) is 24.1 Å². The Labute approximate surface area is 212 Å². The average Bonchev–Trinajstić information content (AvgIpc) is 3.19. The molecule has 4 heteroatoms. The minimum absolute atomic E-state index is 0.00744. The van der Waals surface area contributed by atoms with Crippen molar-refractivity contribution in [1.82, 2.24) is 0 Å². The number of ketones is 2. The zero-order chi connectivity index (χ0) is 25.1. The summed E-state index contributed by atoms with van der Waals surface area (Å²) in [5.74, 6) is 1.76. The van der Waals surface area contributed by atoms with E-state index in [1.807, 2.05) is 6.08 Å². The van der Waals surface area contributed by atoms with Crippen molar-refractivity contribution in [2.45, 2.75) is 111 Å². The van der Waals surface area contributed by atoms with E-state index in [9.17, 15) is 14.4 Å². The van der Waals surface area contributed by atoms with Crippen LogP contribution in [0.4, 0.5) is 0 Å². The van der Waals surface area contributed by atoms with Crippen LogP contribution in [0.15, 0.2) is 23.8 Å². The standard InChI is InChI=1S/C31H46O4/c1-4-5-6-7-8-9-10-11-29(34)35-21-28(33)27-15-14-25-24-13-12-22-20-23(32)16-18-30(22,2)26(24)17-19-31(25,27)3/h16,18,20,24-27H,4-15,17,19,21H2,1-3H3/t24-,25-,26-,27+,30-,31-/m0/s1. The molecule has 0 bridgehead atoms. The highest BCUT2D eigenvalue weighted by Gasteiger charge is 2.59. The summed E-state index contributed by atoms with van der Waals surface area (Å²) in [6.07, 6.45) is 20.7. The minimum Gasteiger partial charge on any atom is -0.458 e. The molecule has 0 aromatic carbocycles. The summed E-state index contributed by atoms with van der Waals surface area (Å²) in [7, 11) is 0. The first-order chi connectivity index (χ1) is 16.8.